The second kappa shape index (κ2) is 9.55. The van der Waals surface area contributed by atoms with Crippen LogP contribution in [0.25, 0.3) is 17.1 Å². The number of hydrogen-bond acceptors (Lipinski definition) is 5. The molecule has 4 rings (SSSR count). The predicted octanol–water partition coefficient (Wildman–Crippen LogP) is 5.79. The van der Waals surface area contributed by atoms with Crippen LogP contribution in [0.2, 0.25) is 5.02 Å². The second-order valence-corrected chi connectivity index (χ2v) is 8.72. The molecule has 0 saturated heterocycles. The molecule has 0 spiro atoms. The van der Waals surface area contributed by atoms with Crippen LogP contribution in [0.1, 0.15) is 0 Å². The van der Waals surface area contributed by atoms with Gasteiger partial charge in [-0.1, -0.05) is 69.6 Å². The summed E-state index contributed by atoms with van der Waals surface area (Å²) in [6, 6.07) is 21.7. The number of phenolic OH excluding ortho intramolecular Hbond substituents is 1. The second-order valence-electron chi connectivity index (χ2n) is 6.46. The Morgan fingerprint density at radius 2 is 1.81 bits per heavy atom. The molecule has 156 valence electrons. The Morgan fingerprint density at radius 3 is 2.58 bits per heavy atom. The number of amides is 1. The van der Waals surface area contributed by atoms with Gasteiger partial charge in [0.25, 0.3) is 0 Å². The lowest BCUT2D eigenvalue weighted by atomic mass is 10.2. The molecule has 9 heteroatoms. The van der Waals surface area contributed by atoms with Gasteiger partial charge in [-0.3, -0.25) is 9.36 Å². The number of carbonyl (C=O) groups excluding carboxylic acids is 1. The van der Waals surface area contributed by atoms with Crippen molar-refractivity contribution < 1.29 is 9.90 Å². The number of nitrogens with one attached hydrogen (secondary N) is 1. The molecule has 1 heterocycles. The van der Waals surface area contributed by atoms with E-state index in [4.69, 9.17) is 11.6 Å². The third kappa shape index (κ3) is 4.92. The Balaban J connectivity index is 1.64. The van der Waals surface area contributed by atoms with E-state index in [9.17, 15) is 9.90 Å². The highest BCUT2D eigenvalue weighted by molar-refractivity contribution is 9.10. The van der Waals surface area contributed by atoms with E-state index in [1.54, 1.807) is 42.5 Å². The highest BCUT2D eigenvalue weighted by Crippen LogP contribution is 2.34. The van der Waals surface area contributed by atoms with Gasteiger partial charge in [-0.05, 0) is 42.5 Å². The highest BCUT2D eigenvalue weighted by Gasteiger charge is 2.20. The third-order valence-corrected chi connectivity index (χ3v) is 6.08. The fourth-order valence-corrected chi connectivity index (χ4v) is 4.21. The van der Waals surface area contributed by atoms with Crippen LogP contribution in [0.5, 0.6) is 5.75 Å². The van der Waals surface area contributed by atoms with Crippen LogP contribution < -0.4 is 5.32 Å². The SMILES string of the molecule is O=C(CSc1nnc(-c2cc(Br)ccc2O)n1-c1ccccc1)Nc1ccccc1Cl. The van der Waals surface area contributed by atoms with E-state index >= 15 is 0 Å². The number of thioether (sulfide) groups is 1. The molecule has 0 aliphatic rings. The topological polar surface area (TPSA) is 80.0 Å². The van der Waals surface area contributed by atoms with Crippen molar-refractivity contribution in [2.45, 2.75) is 5.16 Å². The van der Waals surface area contributed by atoms with Gasteiger partial charge >= 0.3 is 0 Å². The molecule has 0 aliphatic heterocycles. The van der Waals surface area contributed by atoms with Gasteiger partial charge in [0.05, 0.1) is 22.0 Å². The van der Waals surface area contributed by atoms with Gasteiger partial charge in [0.1, 0.15) is 5.75 Å². The molecular weight excluding hydrogens is 500 g/mol. The van der Waals surface area contributed by atoms with Crippen molar-refractivity contribution in [2.75, 3.05) is 11.1 Å². The fraction of sp³-hybridized carbons (Fsp3) is 0.0455. The van der Waals surface area contributed by atoms with Gasteiger partial charge in [-0.15, -0.1) is 10.2 Å². The van der Waals surface area contributed by atoms with Crippen molar-refractivity contribution >= 4 is 50.9 Å². The quantitative estimate of drug-likeness (QED) is 0.318. The summed E-state index contributed by atoms with van der Waals surface area (Å²) in [5.74, 6) is 0.452. The number of carbonyl (C=O) groups is 1. The van der Waals surface area contributed by atoms with Crippen molar-refractivity contribution in [3.8, 4) is 22.8 Å². The minimum Gasteiger partial charge on any atom is -0.507 e. The highest BCUT2D eigenvalue weighted by atomic mass is 79.9. The van der Waals surface area contributed by atoms with Crippen LogP contribution in [-0.2, 0) is 4.79 Å². The average molecular weight is 516 g/mol. The number of anilines is 1. The monoisotopic (exact) mass is 514 g/mol. The molecule has 0 bridgehead atoms. The van der Waals surface area contributed by atoms with Gasteiger partial charge in [0.2, 0.25) is 5.91 Å². The maximum atomic E-state index is 12.5. The molecule has 0 saturated carbocycles. The van der Waals surface area contributed by atoms with Crippen molar-refractivity contribution in [3.63, 3.8) is 0 Å². The summed E-state index contributed by atoms with van der Waals surface area (Å²) < 4.78 is 2.62. The summed E-state index contributed by atoms with van der Waals surface area (Å²) in [6.45, 7) is 0. The predicted molar refractivity (Wildman–Crippen MR) is 127 cm³/mol. The molecule has 2 N–H and O–H groups in total. The number of nitrogens with zero attached hydrogens (tertiary/aromatic N) is 3. The number of hydrogen-bond donors (Lipinski definition) is 2. The van der Waals surface area contributed by atoms with Crippen molar-refractivity contribution in [1.29, 1.82) is 0 Å². The number of halogens is 2. The lowest BCUT2D eigenvalue weighted by Crippen LogP contribution is -2.14. The molecule has 0 radical (unpaired) electrons. The van der Waals surface area contributed by atoms with Crippen LogP contribution >= 0.6 is 39.3 Å². The van der Waals surface area contributed by atoms with Crippen molar-refractivity contribution in [2.24, 2.45) is 0 Å². The van der Waals surface area contributed by atoms with Gasteiger partial charge in [-0.2, -0.15) is 0 Å². The van der Waals surface area contributed by atoms with Crippen molar-refractivity contribution in [3.05, 3.63) is 82.3 Å². The first-order valence-electron chi connectivity index (χ1n) is 9.20. The van der Waals surface area contributed by atoms with E-state index in [-0.39, 0.29) is 17.4 Å². The Hall–Kier alpha value is -2.81. The number of aromatic nitrogens is 3. The van der Waals surface area contributed by atoms with Crippen LogP contribution in [0.3, 0.4) is 0 Å². The van der Waals surface area contributed by atoms with Gasteiger partial charge < -0.3 is 10.4 Å². The molecule has 4 aromatic rings. The largest absolute Gasteiger partial charge is 0.507 e. The molecule has 6 nitrogen and oxygen atoms in total. The smallest absolute Gasteiger partial charge is 0.234 e. The molecule has 0 aliphatic carbocycles. The van der Waals surface area contributed by atoms with E-state index in [1.807, 2.05) is 34.9 Å². The Morgan fingerprint density at radius 1 is 1.06 bits per heavy atom. The number of para-hydroxylation sites is 2. The van der Waals surface area contributed by atoms with Gasteiger partial charge in [0, 0.05) is 10.2 Å². The first kappa shape index (κ1) is 21.4. The number of aromatic hydroxyl groups is 1. The molecule has 0 fully saturated rings. The summed E-state index contributed by atoms with van der Waals surface area (Å²) >= 11 is 10.8. The summed E-state index contributed by atoms with van der Waals surface area (Å²) in [4.78, 5) is 12.5. The van der Waals surface area contributed by atoms with Gasteiger partial charge in [0.15, 0.2) is 11.0 Å². The zero-order chi connectivity index (χ0) is 21.8. The van der Waals surface area contributed by atoms with Crippen molar-refractivity contribution in [1.82, 2.24) is 14.8 Å². The minimum absolute atomic E-state index is 0.0841. The fourth-order valence-electron chi connectivity index (χ4n) is 2.91. The Labute approximate surface area is 196 Å². The van der Waals surface area contributed by atoms with E-state index < -0.39 is 0 Å². The Bertz CT molecular complexity index is 1230. The van der Waals surface area contributed by atoms with E-state index in [2.05, 4.69) is 31.4 Å². The van der Waals surface area contributed by atoms with E-state index in [0.29, 0.717) is 27.3 Å². The maximum absolute atomic E-state index is 12.5. The number of phenols is 1. The molecule has 1 amide bonds. The summed E-state index contributed by atoms with van der Waals surface area (Å²) in [5.41, 5.74) is 1.90. The Kier molecular flexibility index (Phi) is 6.60. The lowest BCUT2D eigenvalue weighted by molar-refractivity contribution is -0.113. The summed E-state index contributed by atoms with van der Waals surface area (Å²) in [6.07, 6.45) is 0. The molecule has 1 aromatic heterocycles. The van der Waals surface area contributed by atoms with Gasteiger partial charge in [-0.25, -0.2) is 0 Å². The van der Waals surface area contributed by atoms with Crippen LogP contribution in [-0.4, -0.2) is 31.5 Å². The molecule has 3 aromatic carbocycles. The average Bonchev–Trinajstić information content (AvgIpc) is 3.20. The normalized spacial score (nSPS) is 10.8. The third-order valence-electron chi connectivity index (χ3n) is 4.33. The summed E-state index contributed by atoms with van der Waals surface area (Å²) in [7, 11) is 0. The molecule has 0 unspecified atom stereocenters. The standard InChI is InChI=1S/C22H16BrClN4O2S/c23-14-10-11-19(29)16(12-14)21-26-27-22(28(21)15-6-2-1-3-7-15)31-13-20(30)25-18-9-5-4-8-17(18)24/h1-12,29H,13H2,(H,25,30). The number of benzene rings is 3. The van der Waals surface area contributed by atoms with Crippen LogP contribution in [0.15, 0.2) is 82.4 Å². The van der Waals surface area contributed by atoms with E-state index in [0.717, 1.165) is 10.2 Å². The first-order valence-corrected chi connectivity index (χ1v) is 11.4. The lowest BCUT2D eigenvalue weighted by Gasteiger charge is -2.11. The van der Waals surface area contributed by atoms with Crippen LogP contribution in [0.4, 0.5) is 5.69 Å². The minimum atomic E-state index is -0.215. The number of rotatable bonds is 6. The zero-order valence-electron chi connectivity index (χ0n) is 16.0. The first-order chi connectivity index (χ1) is 15.0. The van der Waals surface area contributed by atoms with E-state index in [1.165, 1.54) is 11.8 Å². The molecule has 0 atom stereocenters. The van der Waals surface area contributed by atoms with Crippen LogP contribution in [0, 0.1) is 0 Å². The molecular formula is C22H16BrClN4O2S. The molecule has 31 heavy (non-hydrogen) atoms. The zero-order valence-corrected chi connectivity index (χ0v) is 19.2. The summed E-state index contributed by atoms with van der Waals surface area (Å²) in [5, 5.41) is 22.8. The maximum Gasteiger partial charge on any atom is 0.234 e.